The van der Waals surface area contributed by atoms with E-state index in [4.69, 9.17) is 4.74 Å². The average molecular weight is 278 g/mol. The molecule has 1 heterocycles. The van der Waals surface area contributed by atoms with Crippen molar-refractivity contribution in [3.63, 3.8) is 0 Å². The maximum atomic E-state index is 11.5. The van der Waals surface area contributed by atoms with Gasteiger partial charge in [-0.2, -0.15) is 0 Å². The Balaban J connectivity index is 2.16. The zero-order valence-corrected chi connectivity index (χ0v) is 11.6. The molecule has 0 aliphatic carbocycles. The quantitative estimate of drug-likeness (QED) is 0.419. The number of aromatic nitrogens is 2. The molecule has 0 fully saturated rings. The Morgan fingerprint density at radius 1 is 1.19 bits per heavy atom. The Labute approximate surface area is 122 Å². The van der Waals surface area contributed by atoms with Crippen LogP contribution in [0.1, 0.15) is 0 Å². The number of esters is 1. The van der Waals surface area contributed by atoms with Crippen molar-refractivity contribution in [2.24, 2.45) is 7.05 Å². The highest BCUT2D eigenvalue weighted by atomic mass is 16.5. The summed E-state index contributed by atoms with van der Waals surface area (Å²) in [5, 5.41) is 0. The molecule has 0 aliphatic rings. The van der Waals surface area contributed by atoms with Crippen LogP contribution in [-0.4, -0.2) is 15.5 Å². The van der Waals surface area contributed by atoms with Gasteiger partial charge >= 0.3 is 5.97 Å². The van der Waals surface area contributed by atoms with Crippen molar-refractivity contribution in [1.29, 1.82) is 0 Å². The van der Waals surface area contributed by atoms with Crippen molar-refractivity contribution in [2.45, 2.75) is 0 Å². The number of carbonyl (C=O) groups excluding carboxylic acids is 1. The van der Waals surface area contributed by atoms with Crippen molar-refractivity contribution < 1.29 is 9.53 Å². The lowest BCUT2D eigenvalue weighted by atomic mass is 10.2. The number of fused-ring (bicyclic) bond motifs is 1. The van der Waals surface area contributed by atoms with Crippen LogP contribution < -0.4 is 4.74 Å². The molecule has 104 valence electrons. The third-order valence-electron chi connectivity index (χ3n) is 3.29. The number of benzene rings is 2. The van der Waals surface area contributed by atoms with E-state index in [0.717, 1.165) is 28.5 Å². The molecule has 2 aromatic carbocycles. The highest BCUT2D eigenvalue weighted by Gasteiger charge is 2.14. The normalized spacial score (nSPS) is 10.5. The fraction of sp³-hybridized carbons (Fsp3) is 0.0588. The first-order valence-electron chi connectivity index (χ1n) is 6.56. The number of carbonyl (C=O) groups is 1. The van der Waals surface area contributed by atoms with Gasteiger partial charge in [-0.15, -0.1) is 0 Å². The second-order valence-electron chi connectivity index (χ2n) is 4.60. The van der Waals surface area contributed by atoms with Gasteiger partial charge in [-0.25, -0.2) is 9.78 Å². The van der Waals surface area contributed by atoms with Crippen molar-refractivity contribution in [3.05, 3.63) is 61.2 Å². The van der Waals surface area contributed by atoms with Crippen molar-refractivity contribution in [2.75, 3.05) is 0 Å². The Bertz CT molecular complexity index is 834. The van der Waals surface area contributed by atoms with Crippen LogP contribution in [0.15, 0.2) is 61.2 Å². The van der Waals surface area contributed by atoms with Crippen LogP contribution in [-0.2, 0) is 11.8 Å². The Kier molecular flexibility index (Phi) is 3.28. The fourth-order valence-corrected chi connectivity index (χ4v) is 2.28. The summed E-state index contributed by atoms with van der Waals surface area (Å²) in [7, 11) is 1.94. The first-order chi connectivity index (χ1) is 10.2. The van der Waals surface area contributed by atoms with Gasteiger partial charge in [0.2, 0.25) is 0 Å². The van der Waals surface area contributed by atoms with Gasteiger partial charge < -0.3 is 9.30 Å². The lowest BCUT2D eigenvalue weighted by molar-refractivity contribution is -0.128. The molecule has 0 radical (unpaired) electrons. The van der Waals surface area contributed by atoms with Crippen molar-refractivity contribution in [1.82, 2.24) is 9.55 Å². The van der Waals surface area contributed by atoms with Crippen molar-refractivity contribution >= 4 is 17.0 Å². The molecular weight excluding hydrogens is 264 g/mol. The predicted octanol–water partition coefficient (Wildman–Crippen LogP) is 3.33. The van der Waals surface area contributed by atoms with Gasteiger partial charge in [0.25, 0.3) is 0 Å². The van der Waals surface area contributed by atoms with Crippen LogP contribution in [0.4, 0.5) is 0 Å². The molecule has 0 saturated heterocycles. The molecule has 1 aromatic heterocycles. The topological polar surface area (TPSA) is 44.1 Å². The van der Waals surface area contributed by atoms with Crippen molar-refractivity contribution in [3.8, 4) is 17.1 Å². The SMILES string of the molecule is C=CC(=O)Oc1ccccc1-c1nc2ccccc2n1C. The summed E-state index contributed by atoms with van der Waals surface area (Å²) in [5.74, 6) is 0.741. The number of ether oxygens (including phenoxy) is 1. The van der Waals surface area contributed by atoms with Gasteiger partial charge in [0.1, 0.15) is 11.6 Å². The fourth-order valence-electron chi connectivity index (χ4n) is 2.28. The van der Waals surface area contributed by atoms with E-state index in [1.807, 2.05) is 54.1 Å². The predicted molar refractivity (Wildman–Crippen MR) is 82.0 cm³/mol. The summed E-state index contributed by atoms with van der Waals surface area (Å²) >= 11 is 0. The van der Waals surface area contributed by atoms with E-state index in [2.05, 4.69) is 11.6 Å². The van der Waals surface area contributed by atoms with Crippen LogP contribution in [0.5, 0.6) is 5.75 Å². The number of rotatable bonds is 3. The molecule has 4 heteroatoms. The minimum Gasteiger partial charge on any atom is -0.423 e. The number of para-hydroxylation sites is 3. The standard InChI is InChI=1S/C17H14N2O2/c1-3-16(20)21-15-11-7-4-8-12(15)17-18-13-9-5-6-10-14(13)19(17)2/h3-11H,1H2,2H3. The lowest BCUT2D eigenvalue weighted by Gasteiger charge is -2.08. The molecule has 0 spiro atoms. The minimum atomic E-state index is -0.485. The van der Waals surface area contributed by atoms with E-state index in [1.165, 1.54) is 0 Å². The summed E-state index contributed by atoms with van der Waals surface area (Å²) in [6.07, 6.45) is 1.14. The number of imidazole rings is 1. The number of hydrogen-bond donors (Lipinski definition) is 0. The summed E-state index contributed by atoms with van der Waals surface area (Å²) in [5.41, 5.74) is 2.70. The summed E-state index contributed by atoms with van der Waals surface area (Å²) < 4.78 is 7.27. The highest BCUT2D eigenvalue weighted by Crippen LogP contribution is 2.31. The highest BCUT2D eigenvalue weighted by molar-refractivity contribution is 5.86. The molecule has 0 atom stereocenters. The molecule has 0 amide bonds. The largest absolute Gasteiger partial charge is 0.423 e. The molecule has 3 aromatic rings. The Morgan fingerprint density at radius 2 is 1.90 bits per heavy atom. The first-order valence-corrected chi connectivity index (χ1v) is 6.56. The molecule has 0 saturated carbocycles. The van der Waals surface area contributed by atoms with E-state index in [1.54, 1.807) is 6.07 Å². The van der Waals surface area contributed by atoms with Crippen LogP contribution in [0, 0.1) is 0 Å². The summed E-state index contributed by atoms with van der Waals surface area (Å²) in [4.78, 5) is 16.1. The minimum absolute atomic E-state index is 0.473. The summed E-state index contributed by atoms with van der Waals surface area (Å²) in [6.45, 7) is 3.42. The zero-order chi connectivity index (χ0) is 14.8. The smallest absolute Gasteiger partial charge is 0.335 e. The monoisotopic (exact) mass is 278 g/mol. The molecule has 0 N–H and O–H groups in total. The molecule has 0 unspecified atom stereocenters. The van der Waals surface area contributed by atoms with Crippen LogP contribution in [0.3, 0.4) is 0 Å². The zero-order valence-electron chi connectivity index (χ0n) is 11.6. The second-order valence-corrected chi connectivity index (χ2v) is 4.60. The van der Waals surface area contributed by atoms with E-state index in [-0.39, 0.29) is 0 Å². The van der Waals surface area contributed by atoms with E-state index >= 15 is 0 Å². The molecule has 3 rings (SSSR count). The maximum absolute atomic E-state index is 11.5. The molecule has 4 nitrogen and oxygen atoms in total. The van der Waals surface area contributed by atoms with Gasteiger partial charge in [-0.3, -0.25) is 0 Å². The molecule has 0 bridgehead atoms. The second kappa shape index (κ2) is 5.25. The Hall–Kier alpha value is -2.88. The number of hydrogen-bond acceptors (Lipinski definition) is 3. The van der Waals surface area contributed by atoms with Gasteiger partial charge in [-0.1, -0.05) is 30.8 Å². The first kappa shape index (κ1) is 13.1. The Morgan fingerprint density at radius 3 is 2.67 bits per heavy atom. The van der Waals surface area contributed by atoms with Gasteiger partial charge in [0.05, 0.1) is 16.6 Å². The van der Waals surface area contributed by atoms with Crippen LogP contribution >= 0.6 is 0 Å². The number of aryl methyl sites for hydroxylation is 1. The van der Waals surface area contributed by atoms with Crippen LogP contribution in [0.2, 0.25) is 0 Å². The van der Waals surface area contributed by atoms with E-state index in [9.17, 15) is 4.79 Å². The number of nitrogens with zero attached hydrogens (tertiary/aromatic N) is 2. The van der Waals surface area contributed by atoms with Crippen LogP contribution in [0.25, 0.3) is 22.4 Å². The van der Waals surface area contributed by atoms with Gasteiger partial charge in [0.15, 0.2) is 0 Å². The molecule has 21 heavy (non-hydrogen) atoms. The molecular formula is C17H14N2O2. The van der Waals surface area contributed by atoms with E-state index in [0.29, 0.717) is 5.75 Å². The third-order valence-corrected chi connectivity index (χ3v) is 3.29. The lowest BCUT2D eigenvalue weighted by Crippen LogP contribution is -2.05. The van der Waals surface area contributed by atoms with Gasteiger partial charge in [0, 0.05) is 13.1 Å². The van der Waals surface area contributed by atoms with E-state index < -0.39 is 5.97 Å². The average Bonchev–Trinajstić information content (AvgIpc) is 2.85. The third kappa shape index (κ3) is 2.31. The molecule has 0 aliphatic heterocycles. The van der Waals surface area contributed by atoms with Gasteiger partial charge in [-0.05, 0) is 24.3 Å². The summed E-state index contributed by atoms with van der Waals surface area (Å²) in [6, 6.07) is 15.2. The maximum Gasteiger partial charge on any atom is 0.335 e.